The van der Waals surface area contributed by atoms with Crippen LogP contribution in [0.25, 0.3) is 0 Å². The Morgan fingerprint density at radius 2 is 2.14 bits per heavy atom. The molecule has 0 fully saturated rings. The maximum absolute atomic E-state index is 12.8. The molecule has 0 unspecified atom stereocenters. The summed E-state index contributed by atoms with van der Waals surface area (Å²) in [4.78, 5) is 10.1. The zero-order valence-electron chi connectivity index (χ0n) is 7.33. The van der Waals surface area contributed by atoms with Gasteiger partial charge >= 0.3 is 5.92 Å². The van der Waals surface area contributed by atoms with Crippen LogP contribution in [0.1, 0.15) is 5.56 Å². The first-order chi connectivity index (χ1) is 6.51. The summed E-state index contributed by atoms with van der Waals surface area (Å²) in [6.45, 7) is 0. The average molecular weight is 202 g/mol. The Balaban J connectivity index is 3.19. The molecule has 3 nitrogen and oxygen atoms in total. The molecule has 1 N–H and O–H groups in total. The lowest BCUT2D eigenvalue weighted by atomic mass is 10.1. The lowest BCUT2D eigenvalue weighted by Crippen LogP contribution is -2.14. The van der Waals surface area contributed by atoms with Crippen LogP contribution in [0, 0.1) is 0 Å². The summed E-state index contributed by atoms with van der Waals surface area (Å²) >= 11 is 0. The van der Waals surface area contributed by atoms with Gasteiger partial charge in [0.1, 0.15) is 0 Å². The molecule has 0 aliphatic heterocycles. The van der Waals surface area contributed by atoms with Gasteiger partial charge in [0.25, 0.3) is 0 Å². The number of hydrogen-bond acceptors (Lipinski definition) is 3. The van der Waals surface area contributed by atoms with E-state index in [9.17, 15) is 13.6 Å². The van der Waals surface area contributed by atoms with E-state index in [4.69, 9.17) is 5.11 Å². The molecule has 1 aromatic carbocycles. The van der Waals surface area contributed by atoms with E-state index >= 15 is 0 Å². The van der Waals surface area contributed by atoms with E-state index in [1.807, 2.05) is 0 Å². The molecule has 0 saturated carbocycles. The number of ether oxygens (including phenoxy) is 1. The van der Waals surface area contributed by atoms with Crippen molar-refractivity contribution in [1.82, 2.24) is 0 Å². The van der Waals surface area contributed by atoms with E-state index in [-0.39, 0.29) is 11.5 Å². The third kappa shape index (κ3) is 1.81. The highest BCUT2D eigenvalue weighted by atomic mass is 19.3. The predicted molar refractivity (Wildman–Crippen MR) is 44.6 cm³/mol. The van der Waals surface area contributed by atoms with Crippen molar-refractivity contribution < 1.29 is 23.4 Å². The monoisotopic (exact) mass is 202 g/mol. The number of carbonyl (C=O) groups is 1. The number of phenolic OH excluding ortho intramolecular Hbond substituents is 1. The topological polar surface area (TPSA) is 46.5 Å². The normalized spacial score (nSPS) is 11.1. The van der Waals surface area contributed by atoms with Crippen molar-refractivity contribution in [2.45, 2.75) is 5.92 Å². The summed E-state index contributed by atoms with van der Waals surface area (Å²) in [5.74, 6) is -3.90. The van der Waals surface area contributed by atoms with Crippen molar-refractivity contribution in [2.24, 2.45) is 0 Å². The van der Waals surface area contributed by atoms with Crippen molar-refractivity contribution >= 4 is 6.29 Å². The smallest absolute Gasteiger partial charge is 0.327 e. The number of aldehydes is 1. The molecular weight excluding hydrogens is 194 g/mol. The molecule has 1 aromatic rings. The first-order valence-electron chi connectivity index (χ1n) is 3.73. The maximum Gasteiger partial charge on any atom is 0.327 e. The van der Waals surface area contributed by atoms with Gasteiger partial charge in [-0.25, -0.2) is 0 Å². The molecule has 0 spiro atoms. The van der Waals surface area contributed by atoms with E-state index in [1.54, 1.807) is 0 Å². The van der Waals surface area contributed by atoms with Gasteiger partial charge < -0.3 is 9.84 Å². The molecule has 0 amide bonds. The molecule has 0 radical (unpaired) electrons. The molecule has 0 aliphatic carbocycles. The summed E-state index contributed by atoms with van der Waals surface area (Å²) in [6, 6.07) is 2.93. The van der Waals surface area contributed by atoms with Gasteiger partial charge in [-0.2, -0.15) is 8.78 Å². The molecular formula is C9H8F2O3. The molecule has 14 heavy (non-hydrogen) atoms. The van der Waals surface area contributed by atoms with Gasteiger partial charge in [0.15, 0.2) is 17.8 Å². The number of hydrogen-bond donors (Lipinski definition) is 1. The zero-order valence-corrected chi connectivity index (χ0v) is 7.33. The van der Waals surface area contributed by atoms with Gasteiger partial charge in [-0.1, -0.05) is 0 Å². The standard InChI is InChI=1S/C9H8F2O3/c1-14-8-4-6(2-3-7(8)13)9(10,11)5-12/h2-5,13H,1H3. The van der Waals surface area contributed by atoms with E-state index in [0.717, 1.165) is 18.2 Å². The van der Waals surface area contributed by atoms with Crippen LogP contribution in [0.3, 0.4) is 0 Å². The highest BCUT2D eigenvalue weighted by molar-refractivity contribution is 5.64. The van der Waals surface area contributed by atoms with Gasteiger partial charge in [-0.15, -0.1) is 0 Å². The number of benzene rings is 1. The number of aromatic hydroxyl groups is 1. The molecule has 5 heteroatoms. The lowest BCUT2D eigenvalue weighted by Gasteiger charge is -2.11. The van der Waals surface area contributed by atoms with E-state index in [2.05, 4.69) is 4.74 Å². The fourth-order valence-corrected chi connectivity index (χ4v) is 0.953. The molecule has 0 bridgehead atoms. The third-order valence-electron chi connectivity index (χ3n) is 1.71. The van der Waals surface area contributed by atoms with Crippen LogP contribution in [-0.2, 0) is 10.7 Å². The molecule has 0 aliphatic rings. The van der Waals surface area contributed by atoms with Crippen molar-refractivity contribution in [3.05, 3.63) is 23.8 Å². The zero-order chi connectivity index (χ0) is 10.8. The fourth-order valence-electron chi connectivity index (χ4n) is 0.953. The molecule has 1 rings (SSSR count). The number of carbonyl (C=O) groups excluding carboxylic acids is 1. The molecule has 76 valence electrons. The van der Waals surface area contributed by atoms with E-state index in [1.165, 1.54) is 7.11 Å². The number of alkyl halides is 2. The van der Waals surface area contributed by atoms with Crippen LogP contribution < -0.4 is 4.74 Å². The van der Waals surface area contributed by atoms with Crippen molar-refractivity contribution in [1.29, 1.82) is 0 Å². The molecule has 0 saturated heterocycles. The molecule has 0 aromatic heterocycles. The van der Waals surface area contributed by atoms with Gasteiger partial charge in [-0.3, -0.25) is 4.79 Å². The largest absolute Gasteiger partial charge is 0.504 e. The minimum Gasteiger partial charge on any atom is -0.504 e. The lowest BCUT2D eigenvalue weighted by molar-refractivity contribution is -0.130. The summed E-state index contributed by atoms with van der Waals surface area (Å²) < 4.78 is 30.3. The Morgan fingerprint density at radius 1 is 1.50 bits per heavy atom. The third-order valence-corrected chi connectivity index (χ3v) is 1.71. The van der Waals surface area contributed by atoms with Crippen molar-refractivity contribution in [3.63, 3.8) is 0 Å². The first kappa shape index (κ1) is 10.4. The number of methoxy groups -OCH3 is 1. The van der Waals surface area contributed by atoms with Gasteiger partial charge in [-0.05, 0) is 18.2 Å². The summed E-state index contributed by atoms with van der Waals surface area (Å²) in [7, 11) is 1.23. The summed E-state index contributed by atoms with van der Waals surface area (Å²) in [5.41, 5.74) is -0.512. The number of halogens is 2. The van der Waals surface area contributed by atoms with Crippen LogP contribution in [0.5, 0.6) is 11.5 Å². The number of rotatable bonds is 3. The van der Waals surface area contributed by atoms with Crippen molar-refractivity contribution in [2.75, 3.05) is 7.11 Å². The van der Waals surface area contributed by atoms with Crippen molar-refractivity contribution in [3.8, 4) is 11.5 Å². The first-order valence-corrected chi connectivity index (χ1v) is 3.73. The second kappa shape index (κ2) is 3.61. The Morgan fingerprint density at radius 3 is 2.64 bits per heavy atom. The quantitative estimate of drug-likeness (QED) is 0.758. The fraction of sp³-hybridized carbons (Fsp3) is 0.222. The highest BCUT2D eigenvalue weighted by Gasteiger charge is 2.31. The average Bonchev–Trinajstić information content (AvgIpc) is 2.18. The molecule has 0 atom stereocenters. The van der Waals surface area contributed by atoms with Gasteiger partial charge in [0.05, 0.1) is 7.11 Å². The molecule has 0 heterocycles. The van der Waals surface area contributed by atoms with Gasteiger partial charge in [0.2, 0.25) is 0 Å². The minimum absolute atomic E-state index is 0.0935. The van der Waals surface area contributed by atoms with Crippen LogP contribution in [0.4, 0.5) is 8.78 Å². The Bertz CT molecular complexity index is 350. The van der Waals surface area contributed by atoms with E-state index < -0.39 is 17.8 Å². The van der Waals surface area contributed by atoms with Crippen LogP contribution in [0.2, 0.25) is 0 Å². The highest BCUT2D eigenvalue weighted by Crippen LogP contribution is 2.33. The minimum atomic E-state index is -3.55. The van der Waals surface area contributed by atoms with Crippen LogP contribution >= 0.6 is 0 Å². The second-order valence-electron chi connectivity index (χ2n) is 2.63. The van der Waals surface area contributed by atoms with E-state index in [0.29, 0.717) is 0 Å². The Hall–Kier alpha value is -1.65. The summed E-state index contributed by atoms with van der Waals surface area (Å²) in [6.07, 6.45) is -0.460. The Kier molecular flexibility index (Phi) is 2.69. The van der Waals surface area contributed by atoms with Crippen LogP contribution in [-0.4, -0.2) is 18.5 Å². The second-order valence-corrected chi connectivity index (χ2v) is 2.63. The predicted octanol–water partition coefficient (Wildman–Crippen LogP) is 1.69. The SMILES string of the molecule is COc1cc(C(F)(F)C=O)ccc1O. The maximum atomic E-state index is 12.8. The Labute approximate surface area is 78.9 Å². The summed E-state index contributed by atoms with van der Waals surface area (Å²) in [5, 5.41) is 9.12. The van der Waals surface area contributed by atoms with Crippen LogP contribution in [0.15, 0.2) is 18.2 Å². The number of phenols is 1. The van der Waals surface area contributed by atoms with Gasteiger partial charge in [0, 0.05) is 5.56 Å².